The molecule has 2 N–H and O–H groups in total. The number of carboxylic acid groups (broad SMARTS) is 1. The van der Waals surface area contributed by atoms with Gasteiger partial charge in [-0.3, -0.25) is 24.7 Å². The highest BCUT2D eigenvalue weighted by atomic mass is 16.4. The topological polar surface area (TPSA) is 85.3 Å². The molecule has 0 bridgehead atoms. The van der Waals surface area contributed by atoms with Gasteiger partial charge >= 0.3 is 5.97 Å². The molecule has 7 heteroatoms. The molecular weight excluding hydrogens is 354 g/mol. The SMILES string of the molecule is O=C(O)C(c1cccc(-c2ccn[nH]2)c1)N1CCN(Cc2cccnc2)CC1. The van der Waals surface area contributed by atoms with Crippen LogP contribution in [0.2, 0.25) is 0 Å². The van der Waals surface area contributed by atoms with Crippen LogP contribution in [0, 0.1) is 0 Å². The molecule has 1 aliphatic rings. The van der Waals surface area contributed by atoms with Crippen LogP contribution in [0.25, 0.3) is 11.3 Å². The van der Waals surface area contributed by atoms with Crippen LogP contribution >= 0.6 is 0 Å². The van der Waals surface area contributed by atoms with Crippen LogP contribution in [0.1, 0.15) is 17.2 Å². The lowest BCUT2D eigenvalue weighted by Crippen LogP contribution is -2.48. The van der Waals surface area contributed by atoms with Gasteiger partial charge in [-0.1, -0.05) is 24.3 Å². The highest BCUT2D eigenvalue weighted by molar-refractivity contribution is 5.76. The molecule has 2 aromatic heterocycles. The van der Waals surface area contributed by atoms with E-state index in [4.69, 9.17) is 0 Å². The predicted molar refractivity (Wildman–Crippen MR) is 105 cm³/mol. The maximum absolute atomic E-state index is 12.1. The molecule has 1 aliphatic heterocycles. The summed E-state index contributed by atoms with van der Waals surface area (Å²) in [6.45, 7) is 3.93. The van der Waals surface area contributed by atoms with E-state index in [1.165, 1.54) is 5.56 Å². The Balaban J connectivity index is 1.46. The van der Waals surface area contributed by atoms with Gasteiger partial charge in [-0.05, 0) is 34.9 Å². The van der Waals surface area contributed by atoms with Gasteiger partial charge < -0.3 is 5.11 Å². The highest BCUT2D eigenvalue weighted by Gasteiger charge is 2.30. The molecule has 7 nitrogen and oxygen atoms in total. The Morgan fingerprint density at radius 1 is 1.11 bits per heavy atom. The molecule has 3 heterocycles. The van der Waals surface area contributed by atoms with Gasteiger partial charge in [-0.15, -0.1) is 0 Å². The fourth-order valence-corrected chi connectivity index (χ4v) is 3.73. The van der Waals surface area contributed by atoms with Crippen LogP contribution in [0.5, 0.6) is 0 Å². The van der Waals surface area contributed by atoms with Gasteiger partial charge in [0.05, 0.1) is 5.69 Å². The number of aromatic amines is 1. The zero-order valence-electron chi connectivity index (χ0n) is 15.5. The van der Waals surface area contributed by atoms with Crippen LogP contribution in [-0.2, 0) is 11.3 Å². The number of benzene rings is 1. The van der Waals surface area contributed by atoms with E-state index in [-0.39, 0.29) is 0 Å². The van der Waals surface area contributed by atoms with Crippen molar-refractivity contribution >= 4 is 5.97 Å². The molecule has 0 aliphatic carbocycles. The van der Waals surface area contributed by atoms with Crippen LogP contribution in [0.4, 0.5) is 0 Å². The van der Waals surface area contributed by atoms with E-state index in [9.17, 15) is 9.90 Å². The number of aliphatic carboxylic acids is 1. The second-order valence-electron chi connectivity index (χ2n) is 7.01. The first kappa shape index (κ1) is 18.3. The number of nitrogens with zero attached hydrogens (tertiary/aromatic N) is 4. The quantitative estimate of drug-likeness (QED) is 0.686. The fourth-order valence-electron chi connectivity index (χ4n) is 3.73. The minimum Gasteiger partial charge on any atom is -0.480 e. The summed E-state index contributed by atoms with van der Waals surface area (Å²) in [5.74, 6) is -0.817. The van der Waals surface area contributed by atoms with Gasteiger partial charge in [0.25, 0.3) is 0 Å². The number of hydrogen-bond donors (Lipinski definition) is 2. The lowest BCUT2D eigenvalue weighted by atomic mass is 10.0. The normalized spacial score (nSPS) is 16.7. The third-order valence-corrected chi connectivity index (χ3v) is 5.15. The molecular formula is C21H23N5O2. The van der Waals surface area contributed by atoms with Crippen LogP contribution < -0.4 is 0 Å². The van der Waals surface area contributed by atoms with Gasteiger partial charge in [0.2, 0.25) is 0 Å². The number of H-pyrrole nitrogens is 1. The molecule has 28 heavy (non-hydrogen) atoms. The highest BCUT2D eigenvalue weighted by Crippen LogP contribution is 2.27. The van der Waals surface area contributed by atoms with Crippen LogP contribution in [-0.4, -0.2) is 62.2 Å². The first-order valence-corrected chi connectivity index (χ1v) is 9.38. The molecule has 0 amide bonds. The van der Waals surface area contributed by atoms with Crippen molar-refractivity contribution in [2.45, 2.75) is 12.6 Å². The standard InChI is InChI=1S/C21H23N5O2/c27-21(28)20(18-5-1-4-17(13-18)19-6-8-23-24-19)26-11-9-25(10-12-26)15-16-3-2-7-22-14-16/h1-8,13-14,20H,9-12,15H2,(H,23,24)(H,27,28). The van der Waals surface area contributed by atoms with E-state index in [0.29, 0.717) is 13.1 Å². The first-order valence-electron chi connectivity index (χ1n) is 9.38. The van der Waals surface area contributed by atoms with E-state index >= 15 is 0 Å². The Hall–Kier alpha value is -3.03. The molecule has 0 saturated carbocycles. The lowest BCUT2D eigenvalue weighted by Gasteiger charge is -2.37. The Labute approximate surface area is 163 Å². The third kappa shape index (κ3) is 4.11. The average molecular weight is 377 g/mol. The predicted octanol–water partition coefficient (Wildman–Crippen LogP) is 2.42. The summed E-state index contributed by atoms with van der Waals surface area (Å²) in [5, 5.41) is 16.8. The van der Waals surface area contributed by atoms with E-state index in [1.807, 2.05) is 47.5 Å². The summed E-state index contributed by atoms with van der Waals surface area (Å²) in [6.07, 6.45) is 5.35. The zero-order chi connectivity index (χ0) is 19.3. The van der Waals surface area contributed by atoms with Gasteiger partial charge in [0.1, 0.15) is 6.04 Å². The first-order chi connectivity index (χ1) is 13.7. The molecule has 1 unspecified atom stereocenters. The molecule has 0 radical (unpaired) electrons. The number of nitrogens with one attached hydrogen (secondary N) is 1. The van der Waals surface area contributed by atoms with Crippen LogP contribution in [0.15, 0.2) is 61.1 Å². The third-order valence-electron chi connectivity index (χ3n) is 5.15. The Morgan fingerprint density at radius 2 is 1.96 bits per heavy atom. The summed E-state index contributed by atoms with van der Waals surface area (Å²) in [5.41, 5.74) is 3.79. The van der Waals surface area contributed by atoms with Crippen molar-refractivity contribution in [1.82, 2.24) is 25.0 Å². The lowest BCUT2D eigenvalue weighted by molar-refractivity contribution is -0.144. The summed E-state index contributed by atoms with van der Waals surface area (Å²) in [4.78, 5) is 20.6. The van der Waals surface area contributed by atoms with E-state index in [1.54, 1.807) is 12.4 Å². The van der Waals surface area contributed by atoms with Gasteiger partial charge in [0.15, 0.2) is 0 Å². The number of carbonyl (C=O) groups is 1. The summed E-state index contributed by atoms with van der Waals surface area (Å²) < 4.78 is 0. The molecule has 1 aromatic carbocycles. The number of rotatable bonds is 6. The maximum Gasteiger partial charge on any atom is 0.325 e. The molecule has 144 valence electrons. The van der Waals surface area contributed by atoms with Gasteiger partial charge in [0, 0.05) is 51.3 Å². The Kier molecular flexibility index (Phi) is 5.45. The summed E-state index contributed by atoms with van der Waals surface area (Å²) in [7, 11) is 0. The number of pyridine rings is 1. The summed E-state index contributed by atoms with van der Waals surface area (Å²) >= 11 is 0. The molecule has 1 atom stereocenters. The van der Waals surface area contributed by atoms with Crippen molar-refractivity contribution in [1.29, 1.82) is 0 Å². The zero-order valence-corrected chi connectivity index (χ0v) is 15.5. The number of carboxylic acids is 1. The fraction of sp³-hybridized carbons (Fsp3) is 0.286. The molecule has 1 fully saturated rings. The van der Waals surface area contributed by atoms with E-state index < -0.39 is 12.0 Å². The van der Waals surface area contributed by atoms with Crippen molar-refractivity contribution in [2.75, 3.05) is 26.2 Å². The number of piperazine rings is 1. The monoisotopic (exact) mass is 377 g/mol. The van der Waals surface area contributed by atoms with Crippen molar-refractivity contribution in [3.63, 3.8) is 0 Å². The molecule has 1 saturated heterocycles. The number of aromatic nitrogens is 3. The second-order valence-corrected chi connectivity index (χ2v) is 7.01. The minimum absolute atomic E-state index is 0.650. The molecule has 0 spiro atoms. The smallest absolute Gasteiger partial charge is 0.325 e. The van der Waals surface area contributed by atoms with Gasteiger partial charge in [-0.2, -0.15) is 5.10 Å². The maximum atomic E-state index is 12.1. The number of hydrogen-bond acceptors (Lipinski definition) is 5. The second kappa shape index (κ2) is 8.33. The summed E-state index contributed by atoms with van der Waals surface area (Å²) in [6, 6.07) is 12.9. The Morgan fingerprint density at radius 3 is 2.64 bits per heavy atom. The van der Waals surface area contributed by atoms with Gasteiger partial charge in [-0.25, -0.2) is 0 Å². The van der Waals surface area contributed by atoms with Crippen molar-refractivity contribution < 1.29 is 9.90 Å². The average Bonchev–Trinajstić information content (AvgIpc) is 3.25. The largest absolute Gasteiger partial charge is 0.480 e. The van der Waals surface area contributed by atoms with E-state index in [2.05, 4.69) is 26.1 Å². The minimum atomic E-state index is -0.817. The van der Waals surface area contributed by atoms with Crippen molar-refractivity contribution in [2.24, 2.45) is 0 Å². The van der Waals surface area contributed by atoms with Crippen LogP contribution in [0.3, 0.4) is 0 Å². The Bertz CT molecular complexity index is 906. The van der Waals surface area contributed by atoms with E-state index in [0.717, 1.165) is 36.5 Å². The van der Waals surface area contributed by atoms with Crippen molar-refractivity contribution in [3.05, 3.63) is 72.2 Å². The van der Waals surface area contributed by atoms with Crippen molar-refractivity contribution in [3.8, 4) is 11.3 Å². The molecule has 4 rings (SSSR count). The molecule has 3 aromatic rings.